The van der Waals surface area contributed by atoms with Crippen LogP contribution in [0.1, 0.15) is 43.7 Å². The van der Waals surface area contributed by atoms with Gasteiger partial charge in [0.15, 0.2) is 0 Å². The van der Waals surface area contributed by atoms with E-state index in [1.807, 2.05) is 6.92 Å². The zero-order valence-corrected chi connectivity index (χ0v) is 12.7. The van der Waals surface area contributed by atoms with Crippen molar-refractivity contribution in [3.8, 4) is 0 Å². The molecule has 0 bridgehead atoms. The van der Waals surface area contributed by atoms with Gasteiger partial charge in [0.1, 0.15) is 6.04 Å². The molecule has 112 valence electrons. The molecular formula is C14H23N3O3. The van der Waals surface area contributed by atoms with Crippen LogP contribution in [0.4, 0.5) is 0 Å². The number of aromatic nitrogens is 2. The second-order valence-corrected chi connectivity index (χ2v) is 5.75. The Kier molecular flexibility index (Phi) is 5.30. The van der Waals surface area contributed by atoms with E-state index in [9.17, 15) is 9.59 Å². The number of carboxylic acids is 1. The van der Waals surface area contributed by atoms with E-state index < -0.39 is 17.9 Å². The summed E-state index contributed by atoms with van der Waals surface area (Å²) in [5.41, 5.74) is 1.18. The van der Waals surface area contributed by atoms with E-state index in [-0.39, 0.29) is 5.92 Å². The molecule has 1 amide bonds. The van der Waals surface area contributed by atoms with E-state index in [1.54, 1.807) is 18.5 Å². The average molecular weight is 281 g/mol. The van der Waals surface area contributed by atoms with Crippen LogP contribution >= 0.6 is 0 Å². The fourth-order valence-corrected chi connectivity index (χ4v) is 1.93. The number of aliphatic carboxylic acids is 1. The van der Waals surface area contributed by atoms with Gasteiger partial charge in [0, 0.05) is 12.2 Å². The first-order valence-electron chi connectivity index (χ1n) is 6.80. The average Bonchev–Trinajstić information content (AvgIpc) is 2.66. The van der Waals surface area contributed by atoms with Crippen molar-refractivity contribution in [1.82, 2.24) is 15.1 Å². The fourth-order valence-electron chi connectivity index (χ4n) is 1.93. The molecule has 2 N–H and O–H groups in total. The second-order valence-electron chi connectivity index (χ2n) is 5.75. The van der Waals surface area contributed by atoms with Crippen LogP contribution < -0.4 is 5.32 Å². The number of carbonyl (C=O) groups excluding carboxylic acids is 1. The predicted octanol–water partition coefficient (Wildman–Crippen LogP) is 1.69. The largest absolute Gasteiger partial charge is 0.480 e. The van der Waals surface area contributed by atoms with Crippen molar-refractivity contribution in [1.29, 1.82) is 0 Å². The highest BCUT2D eigenvalue weighted by Crippen LogP contribution is 2.11. The standard InChI is InChI=1S/C14H23N3O3/c1-8(2)7-17-10(5)11(6-15-17)13(18)16-12(9(3)4)14(19)20/h6,8-9,12H,7H2,1-5H3,(H,16,18)(H,19,20). The maximum Gasteiger partial charge on any atom is 0.326 e. The summed E-state index contributed by atoms with van der Waals surface area (Å²) in [5.74, 6) is -1.17. The summed E-state index contributed by atoms with van der Waals surface area (Å²) in [6.45, 7) is 10.2. The highest BCUT2D eigenvalue weighted by atomic mass is 16.4. The zero-order valence-electron chi connectivity index (χ0n) is 12.7. The molecule has 0 aliphatic carbocycles. The summed E-state index contributed by atoms with van der Waals surface area (Å²) in [7, 11) is 0. The van der Waals surface area contributed by atoms with Crippen molar-refractivity contribution in [3.05, 3.63) is 17.5 Å². The van der Waals surface area contributed by atoms with Gasteiger partial charge < -0.3 is 10.4 Å². The van der Waals surface area contributed by atoms with Crippen LogP contribution in [0.3, 0.4) is 0 Å². The van der Waals surface area contributed by atoms with E-state index >= 15 is 0 Å². The van der Waals surface area contributed by atoms with E-state index in [2.05, 4.69) is 24.3 Å². The van der Waals surface area contributed by atoms with Gasteiger partial charge in [-0.15, -0.1) is 0 Å². The van der Waals surface area contributed by atoms with Gasteiger partial charge in [-0.25, -0.2) is 4.79 Å². The molecule has 20 heavy (non-hydrogen) atoms. The van der Waals surface area contributed by atoms with Crippen molar-refractivity contribution in [2.75, 3.05) is 0 Å². The molecule has 1 aromatic rings. The Balaban J connectivity index is 2.87. The van der Waals surface area contributed by atoms with Crippen LogP contribution in [0.25, 0.3) is 0 Å². The third-order valence-electron chi connectivity index (χ3n) is 3.11. The van der Waals surface area contributed by atoms with Crippen molar-refractivity contribution < 1.29 is 14.7 Å². The minimum Gasteiger partial charge on any atom is -0.480 e. The molecule has 0 aliphatic heterocycles. The number of carboxylic acid groups (broad SMARTS) is 1. The third-order valence-corrected chi connectivity index (χ3v) is 3.11. The Bertz CT molecular complexity index is 492. The van der Waals surface area contributed by atoms with Crippen LogP contribution in [0.5, 0.6) is 0 Å². The van der Waals surface area contributed by atoms with E-state index in [0.29, 0.717) is 11.5 Å². The van der Waals surface area contributed by atoms with Crippen LogP contribution in [0.15, 0.2) is 6.20 Å². The molecule has 1 rings (SSSR count). The SMILES string of the molecule is Cc1c(C(=O)NC(C(=O)O)C(C)C)cnn1CC(C)C. The molecule has 6 nitrogen and oxygen atoms in total. The quantitative estimate of drug-likeness (QED) is 0.831. The van der Waals surface area contributed by atoms with Gasteiger partial charge in [0.05, 0.1) is 11.8 Å². The Morgan fingerprint density at radius 2 is 1.95 bits per heavy atom. The summed E-state index contributed by atoms with van der Waals surface area (Å²) in [6, 6.07) is -0.893. The first-order valence-corrected chi connectivity index (χ1v) is 6.80. The second kappa shape index (κ2) is 6.54. The summed E-state index contributed by atoms with van der Waals surface area (Å²) >= 11 is 0. The van der Waals surface area contributed by atoms with Crippen LogP contribution in [0, 0.1) is 18.8 Å². The Morgan fingerprint density at radius 3 is 2.40 bits per heavy atom. The van der Waals surface area contributed by atoms with Gasteiger partial charge in [0.2, 0.25) is 0 Å². The summed E-state index contributed by atoms with van der Waals surface area (Å²) < 4.78 is 1.77. The van der Waals surface area contributed by atoms with Crippen LogP contribution in [-0.2, 0) is 11.3 Å². The molecule has 1 aromatic heterocycles. The van der Waals surface area contributed by atoms with E-state index in [1.165, 1.54) is 6.20 Å². The molecule has 1 unspecified atom stereocenters. The highest BCUT2D eigenvalue weighted by Gasteiger charge is 2.25. The molecule has 1 heterocycles. The molecule has 0 saturated carbocycles. The number of carbonyl (C=O) groups is 2. The number of hydrogen-bond donors (Lipinski definition) is 2. The summed E-state index contributed by atoms with van der Waals surface area (Å²) in [4.78, 5) is 23.3. The van der Waals surface area contributed by atoms with Gasteiger partial charge in [-0.1, -0.05) is 27.7 Å². The lowest BCUT2D eigenvalue weighted by molar-refractivity contribution is -0.140. The van der Waals surface area contributed by atoms with Crippen LogP contribution in [-0.4, -0.2) is 32.8 Å². The first kappa shape index (κ1) is 16.2. The van der Waals surface area contributed by atoms with Gasteiger partial charge in [-0.2, -0.15) is 5.10 Å². The molecule has 0 spiro atoms. The number of amides is 1. The lowest BCUT2D eigenvalue weighted by atomic mass is 10.0. The molecule has 0 aromatic carbocycles. The van der Waals surface area contributed by atoms with Gasteiger partial charge in [0.25, 0.3) is 5.91 Å². The predicted molar refractivity (Wildman–Crippen MR) is 75.5 cm³/mol. The van der Waals surface area contributed by atoms with Crippen molar-refractivity contribution in [2.45, 2.75) is 47.2 Å². The van der Waals surface area contributed by atoms with Crippen molar-refractivity contribution in [3.63, 3.8) is 0 Å². The Labute approximate surface area is 119 Å². The maximum atomic E-state index is 12.2. The lowest BCUT2D eigenvalue weighted by Gasteiger charge is -2.17. The molecule has 1 atom stereocenters. The minimum atomic E-state index is -1.03. The third kappa shape index (κ3) is 3.82. The maximum absolute atomic E-state index is 12.2. The van der Waals surface area contributed by atoms with Gasteiger partial charge >= 0.3 is 5.97 Å². The summed E-state index contributed by atoms with van der Waals surface area (Å²) in [5, 5.41) is 15.8. The Morgan fingerprint density at radius 1 is 1.35 bits per heavy atom. The number of hydrogen-bond acceptors (Lipinski definition) is 3. The molecule has 6 heteroatoms. The van der Waals surface area contributed by atoms with Crippen molar-refractivity contribution in [2.24, 2.45) is 11.8 Å². The summed E-state index contributed by atoms with van der Waals surface area (Å²) in [6.07, 6.45) is 1.49. The minimum absolute atomic E-state index is 0.178. The molecule has 0 fully saturated rings. The molecule has 0 aliphatic rings. The monoisotopic (exact) mass is 281 g/mol. The highest BCUT2D eigenvalue weighted by molar-refractivity contribution is 5.97. The molecular weight excluding hydrogens is 258 g/mol. The zero-order chi connectivity index (χ0) is 15.4. The first-order chi connectivity index (χ1) is 9.23. The fraction of sp³-hybridized carbons (Fsp3) is 0.643. The van der Waals surface area contributed by atoms with Gasteiger partial charge in [-0.05, 0) is 18.8 Å². The number of rotatable bonds is 6. The van der Waals surface area contributed by atoms with Gasteiger partial charge in [-0.3, -0.25) is 9.48 Å². The van der Waals surface area contributed by atoms with E-state index in [0.717, 1.165) is 12.2 Å². The number of nitrogens with one attached hydrogen (secondary N) is 1. The van der Waals surface area contributed by atoms with E-state index in [4.69, 9.17) is 5.11 Å². The van der Waals surface area contributed by atoms with Crippen molar-refractivity contribution >= 4 is 11.9 Å². The number of nitrogens with zero attached hydrogens (tertiary/aromatic N) is 2. The lowest BCUT2D eigenvalue weighted by Crippen LogP contribution is -2.44. The molecule has 0 saturated heterocycles. The molecule has 0 radical (unpaired) electrons. The smallest absolute Gasteiger partial charge is 0.326 e. The topological polar surface area (TPSA) is 84.2 Å². The Hall–Kier alpha value is -1.85. The normalized spacial score (nSPS) is 12.8. The van der Waals surface area contributed by atoms with Crippen LogP contribution in [0.2, 0.25) is 0 Å².